The summed E-state index contributed by atoms with van der Waals surface area (Å²) >= 11 is 0. The van der Waals surface area contributed by atoms with E-state index in [1.165, 1.54) is 0 Å². The molecule has 0 atom stereocenters. The molecule has 1 aliphatic rings. The number of methoxy groups -OCH3 is 1. The van der Waals surface area contributed by atoms with E-state index >= 15 is 0 Å². The van der Waals surface area contributed by atoms with Crippen LogP contribution in [-0.4, -0.2) is 32.8 Å². The summed E-state index contributed by atoms with van der Waals surface area (Å²) < 4.78 is 6.70. The number of aromatic nitrogens is 4. The Morgan fingerprint density at radius 3 is 2.74 bits per heavy atom. The van der Waals surface area contributed by atoms with Crippen molar-refractivity contribution >= 4 is 11.6 Å². The normalized spacial score (nSPS) is 13.3. The number of amides is 1. The average molecular weight is 307 g/mol. The van der Waals surface area contributed by atoms with Crippen molar-refractivity contribution in [2.24, 2.45) is 0 Å². The molecule has 114 valence electrons. The Bertz CT molecular complexity index is 858. The minimum atomic E-state index is -0.0688. The number of ether oxygens (including phenoxy) is 1. The molecule has 23 heavy (non-hydrogen) atoms. The van der Waals surface area contributed by atoms with Crippen LogP contribution in [0.1, 0.15) is 16.1 Å². The van der Waals surface area contributed by atoms with Crippen LogP contribution in [0, 0.1) is 0 Å². The van der Waals surface area contributed by atoms with Gasteiger partial charge in [-0.05, 0) is 18.2 Å². The molecule has 0 saturated heterocycles. The molecule has 4 rings (SSSR count). The highest BCUT2D eigenvalue weighted by atomic mass is 16.5. The van der Waals surface area contributed by atoms with Crippen molar-refractivity contribution in [3.8, 4) is 11.6 Å². The fourth-order valence-corrected chi connectivity index (χ4v) is 2.55. The maximum atomic E-state index is 12.6. The van der Waals surface area contributed by atoms with Gasteiger partial charge in [0.25, 0.3) is 5.91 Å². The average Bonchev–Trinajstić information content (AvgIpc) is 3.16. The van der Waals surface area contributed by atoms with Crippen LogP contribution in [0.15, 0.2) is 49.1 Å². The molecule has 0 aromatic carbocycles. The molecular weight excluding hydrogens is 294 g/mol. The van der Waals surface area contributed by atoms with Crippen LogP contribution in [0.25, 0.3) is 5.69 Å². The second-order valence-electron chi connectivity index (χ2n) is 5.10. The number of fused-ring (bicyclic) bond motifs is 1. The number of carbonyl (C=O) groups excluding carboxylic acids is 1. The third-order valence-corrected chi connectivity index (χ3v) is 3.73. The number of carbonyl (C=O) groups is 1. The van der Waals surface area contributed by atoms with Crippen LogP contribution in [-0.2, 0) is 6.54 Å². The highest BCUT2D eigenvalue weighted by Gasteiger charge is 2.32. The Kier molecular flexibility index (Phi) is 3.04. The lowest BCUT2D eigenvalue weighted by Crippen LogP contribution is -2.23. The maximum Gasteiger partial charge on any atom is 0.262 e. The quantitative estimate of drug-likeness (QED) is 0.738. The van der Waals surface area contributed by atoms with Gasteiger partial charge in [-0.15, -0.1) is 0 Å². The fraction of sp³-hybridized carbons (Fsp3) is 0.125. The first-order chi connectivity index (χ1) is 11.3. The SMILES string of the molecule is COc1ccc(-n2cc3c(n2)CN(c2cccnc2)C3=O)cn1. The maximum absolute atomic E-state index is 12.6. The molecule has 3 aromatic rings. The van der Waals surface area contributed by atoms with Crippen LogP contribution >= 0.6 is 0 Å². The fourth-order valence-electron chi connectivity index (χ4n) is 2.55. The van der Waals surface area contributed by atoms with Gasteiger partial charge in [0, 0.05) is 18.5 Å². The molecule has 1 aliphatic heterocycles. The summed E-state index contributed by atoms with van der Waals surface area (Å²) in [6, 6.07) is 7.27. The first-order valence-corrected chi connectivity index (χ1v) is 7.07. The van der Waals surface area contributed by atoms with E-state index < -0.39 is 0 Å². The zero-order valence-corrected chi connectivity index (χ0v) is 12.4. The molecule has 0 aliphatic carbocycles. The van der Waals surface area contributed by atoms with Crippen molar-refractivity contribution in [3.05, 3.63) is 60.3 Å². The van der Waals surface area contributed by atoms with Crippen LogP contribution in [0.4, 0.5) is 5.69 Å². The number of anilines is 1. The van der Waals surface area contributed by atoms with Gasteiger partial charge in [0.05, 0.1) is 48.7 Å². The second kappa shape index (κ2) is 5.20. The summed E-state index contributed by atoms with van der Waals surface area (Å²) in [7, 11) is 1.57. The van der Waals surface area contributed by atoms with Crippen LogP contribution in [0.3, 0.4) is 0 Å². The predicted molar refractivity (Wildman–Crippen MR) is 82.7 cm³/mol. The van der Waals surface area contributed by atoms with Crippen molar-refractivity contribution in [3.63, 3.8) is 0 Å². The van der Waals surface area contributed by atoms with Gasteiger partial charge in [-0.1, -0.05) is 0 Å². The summed E-state index contributed by atoms with van der Waals surface area (Å²) in [4.78, 5) is 22.4. The van der Waals surface area contributed by atoms with E-state index in [2.05, 4.69) is 15.1 Å². The molecular formula is C16H13N5O2. The first-order valence-electron chi connectivity index (χ1n) is 7.07. The van der Waals surface area contributed by atoms with Crippen molar-refractivity contribution < 1.29 is 9.53 Å². The summed E-state index contributed by atoms with van der Waals surface area (Å²) in [5.74, 6) is 0.466. The lowest BCUT2D eigenvalue weighted by Gasteiger charge is -2.15. The van der Waals surface area contributed by atoms with E-state index in [0.717, 1.165) is 17.1 Å². The highest BCUT2D eigenvalue weighted by Crippen LogP contribution is 2.27. The number of nitrogens with zero attached hydrogens (tertiary/aromatic N) is 5. The smallest absolute Gasteiger partial charge is 0.262 e. The van der Waals surface area contributed by atoms with E-state index in [-0.39, 0.29) is 5.91 Å². The molecule has 7 heteroatoms. The van der Waals surface area contributed by atoms with Gasteiger partial charge in [-0.25, -0.2) is 9.67 Å². The summed E-state index contributed by atoms with van der Waals surface area (Å²) in [5.41, 5.74) is 2.90. The highest BCUT2D eigenvalue weighted by molar-refractivity contribution is 6.09. The molecule has 0 unspecified atom stereocenters. The van der Waals surface area contributed by atoms with E-state index in [9.17, 15) is 4.79 Å². The molecule has 0 fully saturated rings. The van der Waals surface area contributed by atoms with E-state index in [1.54, 1.807) is 47.5 Å². The largest absolute Gasteiger partial charge is 0.481 e. The lowest BCUT2D eigenvalue weighted by atomic mass is 10.3. The van der Waals surface area contributed by atoms with E-state index in [4.69, 9.17) is 4.74 Å². The third-order valence-electron chi connectivity index (χ3n) is 3.73. The van der Waals surface area contributed by atoms with Crippen molar-refractivity contribution in [1.29, 1.82) is 0 Å². The molecule has 1 amide bonds. The monoisotopic (exact) mass is 307 g/mol. The Balaban J connectivity index is 1.64. The molecule has 0 N–H and O–H groups in total. The Morgan fingerprint density at radius 2 is 2.09 bits per heavy atom. The van der Waals surface area contributed by atoms with Gasteiger partial charge in [0.15, 0.2) is 0 Å². The topological polar surface area (TPSA) is 73.1 Å². The molecule has 4 heterocycles. The third kappa shape index (κ3) is 2.22. The van der Waals surface area contributed by atoms with Gasteiger partial charge in [-0.3, -0.25) is 9.78 Å². The zero-order valence-electron chi connectivity index (χ0n) is 12.4. The minimum absolute atomic E-state index is 0.0688. The van der Waals surface area contributed by atoms with Gasteiger partial charge >= 0.3 is 0 Å². The van der Waals surface area contributed by atoms with Crippen LogP contribution in [0.5, 0.6) is 5.88 Å². The first kappa shape index (κ1) is 13.4. The zero-order chi connectivity index (χ0) is 15.8. The van der Waals surface area contributed by atoms with Gasteiger partial charge in [0.2, 0.25) is 5.88 Å². The van der Waals surface area contributed by atoms with E-state index in [1.807, 2.05) is 18.2 Å². The lowest BCUT2D eigenvalue weighted by molar-refractivity contribution is 0.0996. The van der Waals surface area contributed by atoms with Crippen molar-refractivity contribution in [2.75, 3.05) is 12.0 Å². The van der Waals surface area contributed by atoms with E-state index in [0.29, 0.717) is 18.0 Å². The Labute approximate surface area is 132 Å². The molecule has 0 saturated carbocycles. The Hall–Kier alpha value is -3.22. The van der Waals surface area contributed by atoms with Crippen LogP contribution < -0.4 is 9.64 Å². The van der Waals surface area contributed by atoms with Gasteiger partial charge < -0.3 is 9.64 Å². The molecule has 3 aromatic heterocycles. The van der Waals surface area contributed by atoms with Gasteiger partial charge in [-0.2, -0.15) is 5.10 Å². The number of hydrogen-bond donors (Lipinski definition) is 0. The number of hydrogen-bond acceptors (Lipinski definition) is 5. The molecule has 0 radical (unpaired) electrons. The van der Waals surface area contributed by atoms with Crippen molar-refractivity contribution in [1.82, 2.24) is 19.7 Å². The Morgan fingerprint density at radius 1 is 1.17 bits per heavy atom. The second-order valence-corrected chi connectivity index (χ2v) is 5.10. The number of pyridine rings is 2. The molecule has 7 nitrogen and oxygen atoms in total. The van der Waals surface area contributed by atoms with Crippen molar-refractivity contribution in [2.45, 2.75) is 6.54 Å². The standard InChI is InChI=1S/C16H13N5O2/c1-23-15-5-4-12(8-18-15)21-9-13-14(19-21)10-20(16(13)22)11-3-2-6-17-7-11/h2-9H,10H2,1H3. The molecule has 0 spiro atoms. The summed E-state index contributed by atoms with van der Waals surface area (Å²) in [6.45, 7) is 0.441. The summed E-state index contributed by atoms with van der Waals surface area (Å²) in [5, 5.41) is 4.50. The summed E-state index contributed by atoms with van der Waals surface area (Å²) in [6.07, 6.45) is 6.74. The van der Waals surface area contributed by atoms with Gasteiger partial charge in [0.1, 0.15) is 0 Å². The molecule has 0 bridgehead atoms. The predicted octanol–water partition coefficient (Wildman–Crippen LogP) is 1.83. The van der Waals surface area contributed by atoms with Crippen LogP contribution in [0.2, 0.25) is 0 Å². The minimum Gasteiger partial charge on any atom is -0.481 e. The number of rotatable bonds is 3.